The summed E-state index contributed by atoms with van der Waals surface area (Å²) in [6.07, 6.45) is 9.82. The number of carbonyl (C=O) groups excluding carboxylic acids is 1. The van der Waals surface area contributed by atoms with Crippen LogP contribution in [-0.4, -0.2) is 30.4 Å². The van der Waals surface area contributed by atoms with Gasteiger partial charge in [0.15, 0.2) is 0 Å². The largest absolute Gasteiger partial charge is 0.342 e. The van der Waals surface area contributed by atoms with Crippen molar-refractivity contribution in [1.29, 1.82) is 0 Å². The van der Waals surface area contributed by atoms with Crippen molar-refractivity contribution in [3.05, 3.63) is 0 Å². The first-order valence-corrected chi connectivity index (χ1v) is 7.27. The summed E-state index contributed by atoms with van der Waals surface area (Å²) in [6, 6.07) is 0. The smallest absolute Gasteiger partial charge is 0.222 e. The molecular weight excluding hydrogens is 248 g/mol. The van der Waals surface area contributed by atoms with E-state index >= 15 is 0 Å². The molecule has 1 saturated heterocycles. The lowest BCUT2D eigenvalue weighted by molar-refractivity contribution is -0.130. The second-order valence-corrected chi connectivity index (χ2v) is 5.77. The first-order valence-electron chi connectivity index (χ1n) is 7.27. The van der Waals surface area contributed by atoms with Gasteiger partial charge in [0.1, 0.15) is 0 Å². The molecule has 0 spiro atoms. The average molecular weight is 275 g/mol. The van der Waals surface area contributed by atoms with Crippen molar-refractivity contribution >= 4 is 18.3 Å². The van der Waals surface area contributed by atoms with Crippen molar-refractivity contribution in [2.24, 2.45) is 17.6 Å². The van der Waals surface area contributed by atoms with Crippen LogP contribution in [0.3, 0.4) is 0 Å². The minimum atomic E-state index is 0. The lowest BCUT2D eigenvalue weighted by Gasteiger charge is -2.16. The van der Waals surface area contributed by atoms with Gasteiger partial charge in [0.05, 0.1) is 0 Å². The predicted molar refractivity (Wildman–Crippen MR) is 76.8 cm³/mol. The fourth-order valence-corrected chi connectivity index (χ4v) is 3.25. The number of nitrogens with two attached hydrogens (primary N) is 1. The van der Waals surface area contributed by atoms with Crippen molar-refractivity contribution in [2.75, 3.05) is 19.6 Å². The molecule has 1 saturated carbocycles. The molecule has 2 N–H and O–H groups in total. The molecule has 1 aliphatic carbocycles. The second-order valence-electron chi connectivity index (χ2n) is 5.77. The molecule has 0 aromatic heterocycles. The lowest BCUT2D eigenvalue weighted by Crippen LogP contribution is -2.29. The number of amides is 1. The van der Waals surface area contributed by atoms with Gasteiger partial charge in [-0.3, -0.25) is 4.79 Å². The Morgan fingerprint density at radius 2 is 1.89 bits per heavy atom. The molecule has 1 heterocycles. The summed E-state index contributed by atoms with van der Waals surface area (Å²) in [6.45, 7) is 2.56. The predicted octanol–water partition coefficient (Wildman–Crippen LogP) is 2.58. The van der Waals surface area contributed by atoms with Gasteiger partial charge in [0, 0.05) is 19.5 Å². The highest BCUT2D eigenvalue weighted by Gasteiger charge is 2.25. The summed E-state index contributed by atoms with van der Waals surface area (Å²) < 4.78 is 0. The van der Waals surface area contributed by atoms with Gasteiger partial charge in [-0.15, -0.1) is 12.4 Å². The molecule has 0 aromatic rings. The number of nitrogens with zero attached hydrogens (tertiary/aromatic N) is 1. The quantitative estimate of drug-likeness (QED) is 0.838. The third kappa shape index (κ3) is 4.43. The molecule has 1 aliphatic heterocycles. The maximum absolute atomic E-state index is 12.0. The Morgan fingerprint density at radius 1 is 1.17 bits per heavy atom. The summed E-state index contributed by atoms with van der Waals surface area (Å²) in [7, 11) is 0. The number of hydrogen-bond donors (Lipinski definition) is 1. The van der Waals surface area contributed by atoms with Crippen LogP contribution in [-0.2, 0) is 4.79 Å². The highest BCUT2D eigenvalue weighted by Crippen LogP contribution is 2.29. The van der Waals surface area contributed by atoms with Crippen LogP contribution in [0, 0.1) is 11.8 Å². The Kier molecular flexibility index (Phi) is 7.02. The van der Waals surface area contributed by atoms with Crippen molar-refractivity contribution in [3.63, 3.8) is 0 Å². The summed E-state index contributed by atoms with van der Waals surface area (Å²) in [5.41, 5.74) is 5.64. The zero-order chi connectivity index (χ0) is 12.1. The van der Waals surface area contributed by atoms with Gasteiger partial charge in [-0.05, 0) is 37.6 Å². The van der Waals surface area contributed by atoms with E-state index in [1.165, 1.54) is 32.1 Å². The van der Waals surface area contributed by atoms with Crippen molar-refractivity contribution in [2.45, 2.75) is 51.4 Å². The number of likely N-dealkylation sites (tertiary alicyclic amines) is 1. The maximum atomic E-state index is 12.0. The second kappa shape index (κ2) is 8.00. The average Bonchev–Trinajstić information content (AvgIpc) is 2.99. The Hall–Kier alpha value is -0.280. The lowest BCUT2D eigenvalue weighted by atomic mass is 10.0. The fraction of sp³-hybridized carbons (Fsp3) is 0.929. The molecule has 18 heavy (non-hydrogen) atoms. The number of carbonyl (C=O) groups is 1. The molecule has 0 bridgehead atoms. The van der Waals surface area contributed by atoms with Gasteiger partial charge in [0.25, 0.3) is 0 Å². The zero-order valence-electron chi connectivity index (χ0n) is 11.3. The van der Waals surface area contributed by atoms with E-state index in [-0.39, 0.29) is 12.4 Å². The van der Waals surface area contributed by atoms with Gasteiger partial charge >= 0.3 is 0 Å². The van der Waals surface area contributed by atoms with Gasteiger partial charge in [-0.2, -0.15) is 0 Å². The van der Waals surface area contributed by atoms with E-state index in [0.29, 0.717) is 11.8 Å². The van der Waals surface area contributed by atoms with E-state index in [4.69, 9.17) is 5.73 Å². The van der Waals surface area contributed by atoms with E-state index in [2.05, 4.69) is 0 Å². The number of rotatable bonds is 5. The molecule has 2 aliphatic rings. The summed E-state index contributed by atoms with van der Waals surface area (Å²) in [5.74, 6) is 1.82. The minimum absolute atomic E-state index is 0. The number of hydrogen-bond acceptors (Lipinski definition) is 2. The van der Waals surface area contributed by atoms with E-state index in [9.17, 15) is 4.79 Å². The first kappa shape index (κ1) is 15.8. The van der Waals surface area contributed by atoms with E-state index in [0.717, 1.165) is 44.8 Å². The molecule has 4 heteroatoms. The highest BCUT2D eigenvalue weighted by atomic mass is 35.5. The molecular formula is C14H27ClN2O. The van der Waals surface area contributed by atoms with Crippen LogP contribution < -0.4 is 5.73 Å². The Bertz CT molecular complexity index is 254. The van der Waals surface area contributed by atoms with E-state index < -0.39 is 0 Å². The molecule has 1 atom stereocenters. The van der Waals surface area contributed by atoms with E-state index in [1.54, 1.807) is 0 Å². The monoisotopic (exact) mass is 274 g/mol. The molecule has 106 valence electrons. The van der Waals surface area contributed by atoms with Crippen LogP contribution in [0.2, 0.25) is 0 Å². The van der Waals surface area contributed by atoms with Crippen LogP contribution >= 0.6 is 12.4 Å². The third-order valence-electron chi connectivity index (χ3n) is 4.45. The van der Waals surface area contributed by atoms with Gasteiger partial charge in [-0.25, -0.2) is 0 Å². The van der Waals surface area contributed by atoms with Crippen LogP contribution in [0.4, 0.5) is 0 Å². The fourth-order valence-electron chi connectivity index (χ4n) is 3.25. The maximum Gasteiger partial charge on any atom is 0.222 e. The van der Waals surface area contributed by atoms with E-state index in [1.807, 2.05) is 4.90 Å². The van der Waals surface area contributed by atoms with Crippen LogP contribution in [0.1, 0.15) is 51.4 Å². The summed E-state index contributed by atoms with van der Waals surface area (Å²) >= 11 is 0. The van der Waals surface area contributed by atoms with Gasteiger partial charge in [-0.1, -0.05) is 25.7 Å². The highest BCUT2D eigenvalue weighted by molar-refractivity contribution is 5.85. The molecule has 0 radical (unpaired) electrons. The minimum Gasteiger partial charge on any atom is -0.342 e. The SMILES string of the molecule is Cl.NCC1CCN(C(=O)CCCC2CCCC2)C1. The van der Waals surface area contributed by atoms with Crippen LogP contribution in [0.25, 0.3) is 0 Å². The van der Waals surface area contributed by atoms with Gasteiger partial charge in [0.2, 0.25) is 5.91 Å². The Balaban J connectivity index is 0.00000162. The van der Waals surface area contributed by atoms with Crippen molar-refractivity contribution in [3.8, 4) is 0 Å². The van der Waals surface area contributed by atoms with Crippen molar-refractivity contribution < 1.29 is 4.79 Å². The van der Waals surface area contributed by atoms with Crippen LogP contribution in [0.5, 0.6) is 0 Å². The van der Waals surface area contributed by atoms with Gasteiger partial charge < -0.3 is 10.6 Å². The summed E-state index contributed by atoms with van der Waals surface area (Å²) in [4.78, 5) is 14.0. The first-order chi connectivity index (χ1) is 8.29. The van der Waals surface area contributed by atoms with Crippen molar-refractivity contribution in [1.82, 2.24) is 4.90 Å². The molecule has 3 nitrogen and oxygen atoms in total. The Labute approximate surface area is 117 Å². The summed E-state index contributed by atoms with van der Waals surface area (Å²) in [5, 5.41) is 0. The molecule has 2 fully saturated rings. The molecule has 2 rings (SSSR count). The third-order valence-corrected chi connectivity index (χ3v) is 4.45. The zero-order valence-corrected chi connectivity index (χ0v) is 12.1. The molecule has 1 amide bonds. The van der Waals surface area contributed by atoms with Crippen LogP contribution in [0.15, 0.2) is 0 Å². The standard InChI is InChI=1S/C14H26N2O.ClH/c15-10-13-8-9-16(11-13)14(17)7-3-6-12-4-1-2-5-12;/h12-13H,1-11,15H2;1H. The normalized spacial score (nSPS) is 24.3. The number of halogens is 1. The molecule has 1 unspecified atom stereocenters. The topological polar surface area (TPSA) is 46.3 Å². The Morgan fingerprint density at radius 3 is 2.50 bits per heavy atom. The molecule has 0 aromatic carbocycles.